The monoisotopic (exact) mass is 432 g/mol. The second kappa shape index (κ2) is 8.09. The molecule has 0 radical (unpaired) electrons. The molecule has 2 heterocycles. The second-order valence-corrected chi connectivity index (χ2v) is 9.85. The van der Waals surface area contributed by atoms with Gasteiger partial charge in [0.15, 0.2) is 0 Å². The van der Waals surface area contributed by atoms with Crippen LogP contribution in [0.25, 0.3) is 0 Å². The van der Waals surface area contributed by atoms with Crippen LogP contribution >= 0.6 is 0 Å². The number of anilines is 1. The van der Waals surface area contributed by atoms with Crippen LogP contribution < -0.4 is 4.90 Å². The van der Waals surface area contributed by atoms with Crippen molar-refractivity contribution in [1.82, 2.24) is 4.31 Å². The van der Waals surface area contributed by atoms with Gasteiger partial charge >= 0.3 is 0 Å². The lowest BCUT2D eigenvalue weighted by atomic mass is 10.0. The van der Waals surface area contributed by atoms with E-state index in [0.29, 0.717) is 17.8 Å². The summed E-state index contributed by atoms with van der Waals surface area (Å²) >= 11 is 0. The number of benzene rings is 2. The molecule has 1 fully saturated rings. The first-order valence-electron chi connectivity index (χ1n) is 10.1. The van der Waals surface area contributed by atoms with Gasteiger partial charge in [-0.1, -0.05) is 12.1 Å². The SMILES string of the molecule is CC1CN(S(=O)(=O)c2ccc(C(=O)N3CCCc4cccc(F)c43)cc2)CC(C)O1. The van der Waals surface area contributed by atoms with E-state index in [0.717, 1.165) is 18.4 Å². The van der Waals surface area contributed by atoms with Gasteiger partial charge in [-0.05, 0) is 62.6 Å². The van der Waals surface area contributed by atoms with Crippen LogP contribution in [0.4, 0.5) is 10.1 Å². The molecule has 30 heavy (non-hydrogen) atoms. The number of hydrogen-bond acceptors (Lipinski definition) is 4. The fraction of sp³-hybridized carbons (Fsp3) is 0.409. The van der Waals surface area contributed by atoms with Crippen molar-refractivity contribution in [3.05, 3.63) is 59.4 Å². The predicted molar refractivity (Wildman–Crippen MR) is 112 cm³/mol. The smallest absolute Gasteiger partial charge is 0.258 e. The molecule has 1 amide bonds. The molecule has 2 aromatic rings. The molecule has 0 saturated carbocycles. The van der Waals surface area contributed by atoms with E-state index >= 15 is 0 Å². The Morgan fingerprint density at radius 1 is 1.07 bits per heavy atom. The number of morpholine rings is 1. The number of hydrogen-bond donors (Lipinski definition) is 0. The Morgan fingerprint density at radius 2 is 1.73 bits per heavy atom. The lowest BCUT2D eigenvalue weighted by Crippen LogP contribution is -2.48. The Hall–Kier alpha value is -2.29. The first-order valence-corrected chi connectivity index (χ1v) is 11.6. The van der Waals surface area contributed by atoms with Crippen molar-refractivity contribution in [2.45, 2.75) is 43.8 Å². The predicted octanol–water partition coefficient (Wildman–Crippen LogP) is 3.22. The first-order chi connectivity index (χ1) is 14.3. The lowest BCUT2D eigenvalue weighted by molar-refractivity contribution is -0.0440. The number of halogens is 1. The quantitative estimate of drug-likeness (QED) is 0.747. The summed E-state index contributed by atoms with van der Waals surface area (Å²) in [6, 6.07) is 10.7. The zero-order valence-corrected chi connectivity index (χ0v) is 17.9. The van der Waals surface area contributed by atoms with Gasteiger partial charge in [-0.3, -0.25) is 4.79 Å². The van der Waals surface area contributed by atoms with E-state index in [4.69, 9.17) is 4.74 Å². The van der Waals surface area contributed by atoms with Crippen LogP contribution in [0.2, 0.25) is 0 Å². The fourth-order valence-electron chi connectivity index (χ4n) is 4.21. The van der Waals surface area contributed by atoms with Crippen molar-refractivity contribution in [1.29, 1.82) is 0 Å². The van der Waals surface area contributed by atoms with Gasteiger partial charge in [-0.25, -0.2) is 12.8 Å². The van der Waals surface area contributed by atoms with Crippen LogP contribution in [0, 0.1) is 5.82 Å². The number of fused-ring (bicyclic) bond motifs is 1. The standard InChI is InChI=1S/C22H25FN2O4S/c1-15-13-24(14-16(2)29-15)30(27,28)19-10-8-18(9-11-19)22(26)25-12-4-6-17-5-3-7-20(23)21(17)25/h3,5,7-11,15-16H,4,6,12-14H2,1-2H3. The molecule has 0 aliphatic carbocycles. The van der Waals surface area contributed by atoms with Gasteiger partial charge < -0.3 is 9.64 Å². The van der Waals surface area contributed by atoms with Crippen LogP contribution in [0.5, 0.6) is 0 Å². The van der Waals surface area contributed by atoms with E-state index in [2.05, 4.69) is 0 Å². The van der Waals surface area contributed by atoms with E-state index in [-0.39, 0.29) is 36.1 Å². The summed E-state index contributed by atoms with van der Waals surface area (Å²) in [6.45, 7) is 4.69. The third kappa shape index (κ3) is 3.87. The minimum Gasteiger partial charge on any atom is -0.373 e. The number of amides is 1. The molecule has 2 atom stereocenters. The highest BCUT2D eigenvalue weighted by Crippen LogP contribution is 2.31. The van der Waals surface area contributed by atoms with Gasteiger partial charge in [-0.15, -0.1) is 0 Å². The molecule has 2 aromatic carbocycles. The summed E-state index contributed by atoms with van der Waals surface area (Å²) in [7, 11) is -3.68. The summed E-state index contributed by atoms with van der Waals surface area (Å²) in [5.74, 6) is -0.756. The van der Waals surface area contributed by atoms with Crippen LogP contribution in [-0.2, 0) is 21.2 Å². The first kappa shape index (κ1) is 21.0. The van der Waals surface area contributed by atoms with Gasteiger partial charge in [-0.2, -0.15) is 4.31 Å². The van der Waals surface area contributed by atoms with E-state index < -0.39 is 15.8 Å². The average Bonchev–Trinajstić information content (AvgIpc) is 2.72. The fourth-order valence-corrected chi connectivity index (χ4v) is 5.80. The highest BCUT2D eigenvalue weighted by Gasteiger charge is 2.32. The Morgan fingerprint density at radius 3 is 2.40 bits per heavy atom. The van der Waals surface area contributed by atoms with Crippen LogP contribution in [0.1, 0.15) is 36.2 Å². The number of rotatable bonds is 3. The maximum absolute atomic E-state index is 14.4. The average molecular weight is 433 g/mol. The third-order valence-corrected chi connectivity index (χ3v) is 7.38. The van der Waals surface area contributed by atoms with Crippen LogP contribution in [0.15, 0.2) is 47.4 Å². The van der Waals surface area contributed by atoms with E-state index in [9.17, 15) is 17.6 Å². The molecule has 4 rings (SSSR count). The molecule has 2 aliphatic heterocycles. The van der Waals surface area contributed by atoms with Crippen molar-refractivity contribution < 1.29 is 22.3 Å². The van der Waals surface area contributed by atoms with Crippen molar-refractivity contribution in [3.63, 3.8) is 0 Å². The lowest BCUT2D eigenvalue weighted by Gasteiger charge is -2.34. The van der Waals surface area contributed by atoms with E-state index in [1.807, 2.05) is 19.9 Å². The maximum atomic E-state index is 14.4. The molecule has 8 heteroatoms. The summed E-state index contributed by atoms with van der Waals surface area (Å²) in [4.78, 5) is 14.6. The zero-order valence-electron chi connectivity index (χ0n) is 17.0. The number of carbonyl (C=O) groups is 1. The van der Waals surface area contributed by atoms with Crippen LogP contribution in [-0.4, -0.2) is 50.5 Å². The van der Waals surface area contributed by atoms with E-state index in [1.165, 1.54) is 39.5 Å². The zero-order chi connectivity index (χ0) is 21.5. The third-order valence-electron chi connectivity index (χ3n) is 5.54. The largest absolute Gasteiger partial charge is 0.373 e. The second-order valence-electron chi connectivity index (χ2n) is 7.91. The topological polar surface area (TPSA) is 66.9 Å². The number of carbonyl (C=O) groups excluding carboxylic acids is 1. The van der Waals surface area contributed by atoms with Gasteiger partial charge in [0.2, 0.25) is 10.0 Å². The summed E-state index contributed by atoms with van der Waals surface area (Å²) in [5, 5.41) is 0. The molecule has 6 nitrogen and oxygen atoms in total. The normalized spacial score (nSPS) is 22.6. The molecule has 2 unspecified atom stereocenters. The van der Waals surface area contributed by atoms with Crippen LogP contribution in [0.3, 0.4) is 0 Å². The Kier molecular flexibility index (Phi) is 5.65. The number of nitrogens with zero attached hydrogens (tertiary/aromatic N) is 2. The van der Waals surface area contributed by atoms with Crippen molar-refractivity contribution in [2.24, 2.45) is 0 Å². The molecule has 1 saturated heterocycles. The summed E-state index contributed by atoms with van der Waals surface area (Å²) in [5.41, 5.74) is 1.46. The minimum absolute atomic E-state index is 0.130. The Labute approximate surface area is 176 Å². The highest BCUT2D eigenvalue weighted by atomic mass is 32.2. The molecular formula is C22H25FN2O4S. The maximum Gasteiger partial charge on any atom is 0.258 e. The molecule has 0 bridgehead atoms. The Bertz CT molecular complexity index is 1050. The number of sulfonamides is 1. The molecule has 0 spiro atoms. The number of aryl methyl sites for hydroxylation is 1. The highest BCUT2D eigenvalue weighted by molar-refractivity contribution is 7.89. The molecule has 2 aliphatic rings. The minimum atomic E-state index is -3.68. The molecule has 0 aromatic heterocycles. The number of para-hydroxylation sites is 1. The van der Waals surface area contributed by atoms with Gasteiger partial charge in [0.1, 0.15) is 5.82 Å². The molecular weight excluding hydrogens is 407 g/mol. The number of ether oxygens (including phenoxy) is 1. The van der Waals surface area contributed by atoms with Gasteiger partial charge in [0.05, 0.1) is 22.8 Å². The van der Waals surface area contributed by atoms with E-state index in [1.54, 1.807) is 6.07 Å². The van der Waals surface area contributed by atoms with Gasteiger partial charge in [0.25, 0.3) is 5.91 Å². The Balaban J connectivity index is 1.58. The molecule has 160 valence electrons. The van der Waals surface area contributed by atoms with Gasteiger partial charge in [0, 0.05) is 25.2 Å². The summed E-state index contributed by atoms with van der Waals surface area (Å²) in [6.07, 6.45) is 1.11. The van der Waals surface area contributed by atoms with Crippen molar-refractivity contribution >= 4 is 21.6 Å². The summed E-state index contributed by atoms with van der Waals surface area (Å²) < 4.78 is 47.4. The molecule has 0 N–H and O–H groups in total. The van der Waals surface area contributed by atoms with Crippen molar-refractivity contribution in [2.75, 3.05) is 24.5 Å². The van der Waals surface area contributed by atoms with Crippen molar-refractivity contribution in [3.8, 4) is 0 Å².